The number of pyridine rings is 1. The molecule has 2 rings (SSSR count). The summed E-state index contributed by atoms with van der Waals surface area (Å²) < 4.78 is 4.57. The zero-order chi connectivity index (χ0) is 15.8. The van der Waals surface area contributed by atoms with E-state index in [1.165, 1.54) is 30.2 Å². The predicted octanol–water partition coefficient (Wildman–Crippen LogP) is 2.13. The second-order valence-corrected chi connectivity index (χ2v) is 6.14. The van der Waals surface area contributed by atoms with Gasteiger partial charge in [-0.05, 0) is 11.6 Å². The van der Waals surface area contributed by atoms with Crippen molar-refractivity contribution >= 4 is 40.1 Å². The van der Waals surface area contributed by atoms with Crippen LogP contribution in [0.15, 0.2) is 29.9 Å². The minimum atomic E-state index is -0.352. The number of hydrogen-bond donors (Lipinski definition) is 1. The number of ether oxygens (including phenoxy) is 1. The van der Waals surface area contributed by atoms with Crippen molar-refractivity contribution in [2.45, 2.75) is 12.2 Å². The van der Waals surface area contributed by atoms with E-state index in [1.54, 1.807) is 17.8 Å². The average molecular weight is 337 g/mol. The van der Waals surface area contributed by atoms with Crippen LogP contribution in [0.1, 0.15) is 11.3 Å². The number of nitrogens with zero attached hydrogens (tertiary/aromatic N) is 2. The average Bonchev–Trinajstić information content (AvgIpc) is 2.95. The van der Waals surface area contributed by atoms with Crippen LogP contribution in [-0.2, 0) is 26.5 Å². The van der Waals surface area contributed by atoms with Crippen molar-refractivity contribution in [1.29, 1.82) is 0 Å². The van der Waals surface area contributed by atoms with Gasteiger partial charge in [0.05, 0.1) is 25.0 Å². The lowest BCUT2D eigenvalue weighted by molar-refractivity contribution is -0.139. The van der Waals surface area contributed by atoms with Gasteiger partial charge in [-0.1, -0.05) is 6.07 Å². The Morgan fingerprint density at radius 3 is 3.05 bits per heavy atom. The van der Waals surface area contributed by atoms with Crippen LogP contribution in [0.2, 0.25) is 0 Å². The van der Waals surface area contributed by atoms with Crippen LogP contribution in [0, 0.1) is 0 Å². The second kappa shape index (κ2) is 8.50. The van der Waals surface area contributed by atoms with Crippen molar-refractivity contribution in [3.05, 3.63) is 41.2 Å². The number of anilines is 1. The summed E-state index contributed by atoms with van der Waals surface area (Å²) >= 11 is 2.80. The zero-order valence-corrected chi connectivity index (χ0v) is 13.6. The molecule has 2 heterocycles. The highest BCUT2D eigenvalue weighted by atomic mass is 32.2. The van der Waals surface area contributed by atoms with E-state index >= 15 is 0 Å². The summed E-state index contributed by atoms with van der Waals surface area (Å²) in [6, 6.07) is 3.84. The van der Waals surface area contributed by atoms with Gasteiger partial charge in [0.15, 0.2) is 5.13 Å². The molecule has 22 heavy (non-hydrogen) atoms. The summed E-state index contributed by atoms with van der Waals surface area (Å²) in [7, 11) is 1.33. The predicted molar refractivity (Wildman–Crippen MR) is 86.9 cm³/mol. The van der Waals surface area contributed by atoms with E-state index in [2.05, 4.69) is 20.0 Å². The first-order valence-corrected chi connectivity index (χ1v) is 8.48. The molecule has 2 aromatic rings. The minimum absolute atomic E-state index is 0.110. The third-order valence-electron chi connectivity index (χ3n) is 2.58. The summed E-state index contributed by atoms with van der Waals surface area (Å²) in [5.41, 5.74) is 1.67. The summed E-state index contributed by atoms with van der Waals surface area (Å²) in [4.78, 5) is 31.1. The van der Waals surface area contributed by atoms with Crippen LogP contribution in [0.4, 0.5) is 5.13 Å². The fourth-order valence-corrected chi connectivity index (χ4v) is 3.06. The lowest BCUT2D eigenvalue weighted by Gasteiger charge is -2.02. The Kier molecular flexibility index (Phi) is 6.35. The smallest absolute Gasteiger partial charge is 0.311 e. The molecule has 0 spiro atoms. The number of carbonyl (C=O) groups excluding carboxylic acids is 2. The SMILES string of the molecule is COC(=O)Cc1csc(NC(=O)CSCc2cccnc2)n1. The molecule has 0 saturated heterocycles. The molecule has 0 atom stereocenters. The molecule has 1 N–H and O–H groups in total. The first-order chi connectivity index (χ1) is 10.7. The van der Waals surface area contributed by atoms with Crippen LogP contribution < -0.4 is 5.32 Å². The van der Waals surface area contributed by atoms with E-state index in [0.29, 0.717) is 16.6 Å². The number of rotatable bonds is 7. The number of carbonyl (C=O) groups is 2. The highest BCUT2D eigenvalue weighted by Gasteiger charge is 2.10. The Labute approximate surface area is 136 Å². The van der Waals surface area contributed by atoms with E-state index in [4.69, 9.17) is 0 Å². The summed E-state index contributed by atoms with van der Waals surface area (Å²) in [5.74, 6) is 0.594. The molecule has 8 heteroatoms. The molecular weight excluding hydrogens is 322 g/mol. The Balaban J connectivity index is 1.74. The highest BCUT2D eigenvalue weighted by Crippen LogP contribution is 2.17. The standard InChI is InChI=1S/C14H15N3O3S2/c1-20-13(19)5-11-8-22-14(16-11)17-12(18)9-21-7-10-3-2-4-15-6-10/h2-4,6,8H,5,7,9H2,1H3,(H,16,17,18). The number of hydrogen-bond acceptors (Lipinski definition) is 7. The number of thiazole rings is 1. The lowest BCUT2D eigenvalue weighted by Crippen LogP contribution is -2.14. The van der Waals surface area contributed by atoms with E-state index in [1.807, 2.05) is 12.1 Å². The van der Waals surface area contributed by atoms with Gasteiger partial charge in [0, 0.05) is 23.5 Å². The Hall–Kier alpha value is -1.93. The van der Waals surface area contributed by atoms with E-state index < -0.39 is 0 Å². The van der Waals surface area contributed by atoms with Crippen LogP contribution in [-0.4, -0.2) is 34.7 Å². The number of thioether (sulfide) groups is 1. The Morgan fingerprint density at radius 1 is 1.45 bits per heavy atom. The largest absolute Gasteiger partial charge is 0.469 e. The van der Waals surface area contributed by atoms with Crippen LogP contribution in [0.25, 0.3) is 0 Å². The quantitative estimate of drug-likeness (QED) is 0.780. The molecule has 2 aromatic heterocycles. The molecule has 0 aliphatic heterocycles. The number of aromatic nitrogens is 2. The summed E-state index contributed by atoms with van der Waals surface area (Å²) in [6.07, 6.45) is 3.61. The van der Waals surface area contributed by atoms with Crippen molar-refractivity contribution in [3.63, 3.8) is 0 Å². The summed E-state index contributed by atoms with van der Waals surface area (Å²) in [5, 5.41) is 4.94. The summed E-state index contributed by atoms with van der Waals surface area (Å²) in [6.45, 7) is 0. The van der Waals surface area contributed by atoms with Gasteiger partial charge in [-0.3, -0.25) is 14.6 Å². The third-order valence-corrected chi connectivity index (χ3v) is 4.39. The van der Waals surface area contributed by atoms with Gasteiger partial charge in [-0.25, -0.2) is 4.98 Å². The van der Waals surface area contributed by atoms with Crippen LogP contribution in [0.3, 0.4) is 0 Å². The Bertz CT molecular complexity index is 631. The minimum Gasteiger partial charge on any atom is -0.469 e. The van der Waals surface area contributed by atoms with Crippen LogP contribution in [0.5, 0.6) is 0 Å². The van der Waals surface area contributed by atoms with Crippen LogP contribution >= 0.6 is 23.1 Å². The molecule has 0 aliphatic carbocycles. The van der Waals surface area contributed by atoms with E-state index in [0.717, 1.165) is 11.3 Å². The zero-order valence-electron chi connectivity index (χ0n) is 11.9. The second-order valence-electron chi connectivity index (χ2n) is 4.30. The first kappa shape index (κ1) is 16.4. The molecule has 0 saturated carbocycles. The molecular formula is C14H15N3O3S2. The van der Waals surface area contributed by atoms with E-state index in [9.17, 15) is 9.59 Å². The first-order valence-electron chi connectivity index (χ1n) is 6.45. The third kappa shape index (κ3) is 5.45. The monoisotopic (exact) mass is 337 g/mol. The number of esters is 1. The van der Waals surface area contributed by atoms with E-state index in [-0.39, 0.29) is 18.3 Å². The van der Waals surface area contributed by atoms with Crippen molar-refractivity contribution in [1.82, 2.24) is 9.97 Å². The molecule has 0 aromatic carbocycles. The number of amides is 1. The molecule has 116 valence electrons. The number of methoxy groups -OCH3 is 1. The van der Waals surface area contributed by atoms with Crippen molar-refractivity contribution in [2.24, 2.45) is 0 Å². The van der Waals surface area contributed by atoms with Gasteiger partial charge in [0.2, 0.25) is 5.91 Å². The molecule has 0 unspecified atom stereocenters. The molecule has 0 aliphatic rings. The van der Waals surface area contributed by atoms with Crippen molar-refractivity contribution in [2.75, 3.05) is 18.2 Å². The van der Waals surface area contributed by atoms with Gasteiger partial charge in [0.1, 0.15) is 0 Å². The topological polar surface area (TPSA) is 81.2 Å². The van der Waals surface area contributed by atoms with Gasteiger partial charge < -0.3 is 10.1 Å². The van der Waals surface area contributed by atoms with Crippen molar-refractivity contribution in [3.8, 4) is 0 Å². The van der Waals surface area contributed by atoms with Crippen molar-refractivity contribution < 1.29 is 14.3 Å². The maximum Gasteiger partial charge on any atom is 0.311 e. The molecule has 6 nitrogen and oxygen atoms in total. The van der Waals surface area contributed by atoms with Gasteiger partial charge in [-0.15, -0.1) is 23.1 Å². The normalized spacial score (nSPS) is 10.2. The van der Waals surface area contributed by atoms with Gasteiger partial charge in [-0.2, -0.15) is 0 Å². The fourth-order valence-electron chi connectivity index (χ4n) is 1.57. The maximum atomic E-state index is 11.8. The molecule has 0 bridgehead atoms. The maximum absolute atomic E-state index is 11.8. The number of nitrogens with one attached hydrogen (secondary N) is 1. The van der Waals surface area contributed by atoms with Gasteiger partial charge in [0.25, 0.3) is 0 Å². The Morgan fingerprint density at radius 2 is 2.32 bits per heavy atom. The lowest BCUT2D eigenvalue weighted by atomic mass is 10.3. The highest BCUT2D eigenvalue weighted by molar-refractivity contribution is 7.99. The van der Waals surface area contributed by atoms with Gasteiger partial charge >= 0.3 is 5.97 Å². The molecule has 1 amide bonds. The molecule has 0 radical (unpaired) electrons. The molecule has 0 fully saturated rings. The fraction of sp³-hybridized carbons (Fsp3) is 0.286.